The second-order valence-corrected chi connectivity index (χ2v) is 3.09. The number of amides is 1. The standard InChI is InChI=1S/C8H10N4O/c1-5-4-7(13)11-6-2-3-9-12-8(6)10-5/h2-3,5H,4H2,1H3,(H,10,12)(H,11,13). The third-order valence-electron chi connectivity index (χ3n) is 1.87. The number of hydrogen-bond acceptors (Lipinski definition) is 4. The van der Waals surface area contributed by atoms with Gasteiger partial charge in [-0.1, -0.05) is 0 Å². The molecule has 1 atom stereocenters. The van der Waals surface area contributed by atoms with Gasteiger partial charge in [-0.25, -0.2) is 0 Å². The van der Waals surface area contributed by atoms with Crippen molar-refractivity contribution in [3.8, 4) is 0 Å². The summed E-state index contributed by atoms with van der Waals surface area (Å²) in [7, 11) is 0. The third-order valence-corrected chi connectivity index (χ3v) is 1.87. The van der Waals surface area contributed by atoms with E-state index in [1.807, 2.05) is 6.92 Å². The Morgan fingerprint density at radius 3 is 3.31 bits per heavy atom. The molecule has 0 aliphatic carbocycles. The predicted octanol–water partition coefficient (Wildman–Crippen LogP) is 0.619. The second kappa shape index (κ2) is 3.01. The van der Waals surface area contributed by atoms with Crippen LogP contribution >= 0.6 is 0 Å². The average Bonchev–Trinajstić information content (AvgIpc) is 2.20. The number of hydrogen-bond donors (Lipinski definition) is 2. The zero-order valence-electron chi connectivity index (χ0n) is 7.24. The van der Waals surface area contributed by atoms with E-state index in [0.29, 0.717) is 17.9 Å². The topological polar surface area (TPSA) is 66.9 Å². The molecule has 1 aromatic rings. The molecule has 0 radical (unpaired) electrons. The van der Waals surface area contributed by atoms with E-state index in [1.54, 1.807) is 12.3 Å². The van der Waals surface area contributed by atoms with Crippen molar-refractivity contribution in [1.82, 2.24) is 10.2 Å². The lowest BCUT2D eigenvalue weighted by molar-refractivity contribution is -0.116. The molecule has 5 heteroatoms. The largest absolute Gasteiger partial charge is 0.364 e. The van der Waals surface area contributed by atoms with Crippen molar-refractivity contribution in [2.45, 2.75) is 19.4 Å². The van der Waals surface area contributed by atoms with Crippen molar-refractivity contribution in [1.29, 1.82) is 0 Å². The van der Waals surface area contributed by atoms with Gasteiger partial charge in [0.05, 0.1) is 11.9 Å². The Morgan fingerprint density at radius 2 is 2.46 bits per heavy atom. The second-order valence-electron chi connectivity index (χ2n) is 3.09. The van der Waals surface area contributed by atoms with E-state index in [9.17, 15) is 4.79 Å². The van der Waals surface area contributed by atoms with Crippen LogP contribution in [0.5, 0.6) is 0 Å². The van der Waals surface area contributed by atoms with Gasteiger partial charge in [-0.15, -0.1) is 5.10 Å². The molecule has 0 bridgehead atoms. The molecular weight excluding hydrogens is 168 g/mol. The van der Waals surface area contributed by atoms with E-state index in [4.69, 9.17) is 0 Å². The van der Waals surface area contributed by atoms with Gasteiger partial charge in [0.2, 0.25) is 5.91 Å². The Kier molecular flexibility index (Phi) is 1.84. The molecule has 0 saturated carbocycles. The van der Waals surface area contributed by atoms with Gasteiger partial charge in [-0.05, 0) is 13.0 Å². The van der Waals surface area contributed by atoms with Crippen LogP contribution in [0.3, 0.4) is 0 Å². The maximum Gasteiger partial charge on any atom is 0.226 e. The van der Waals surface area contributed by atoms with Gasteiger partial charge < -0.3 is 10.6 Å². The zero-order valence-corrected chi connectivity index (χ0v) is 7.24. The fourth-order valence-electron chi connectivity index (χ4n) is 1.30. The van der Waals surface area contributed by atoms with E-state index in [1.165, 1.54) is 0 Å². The van der Waals surface area contributed by atoms with E-state index in [0.717, 1.165) is 0 Å². The summed E-state index contributed by atoms with van der Waals surface area (Å²) in [6.07, 6.45) is 2.01. The molecule has 0 fully saturated rings. The molecule has 1 aliphatic heterocycles. The first-order chi connectivity index (χ1) is 6.25. The number of anilines is 2. The summed E-state index contributed by atoms with van der Waals surface area (Å²) in [5.74, 6) is 0.646. The number of rotatable bonds is 0. The summed E-state index contributed by atoms with van der Waals surface area (Å²) in [4.78, 5) is 11.3. The normalized spacial score (nSPS) is 21.0. The molecule has 13 heavy (non-hydrogen) atoms. The van der Waals surface area contributed by atoms with Crippen LogP contribution in [0.4, 0.5) is 11.5 Å². The number of fused-ring (bicyclic) bond motifs is 1. The van der Waals surface area contributed by atoms with E-state index >= 15 is 0 Å². The summed E-state index contributed by atoms with van der Waals surface area (Å²) < 4.78 is 0. The number of carbonyl (C=O) groups is 1. The van der Waals surface area contributed by atoms with Crippen molar-refractivity contribution in [3.05, 3.63) is 12.3 Å². The number of nitrogens with zero attached hydrogens (tertiary/aromatic N) is 2. The van der Waals surface area contributed by atoms with Crippen LogP contribution in [0.25, 0.3) is 0 Å². The first-order valence-electron chi connectivity index (χ1n) is 4.14. The van der Waals surface area contributed by atoms with Crippen LogP contribution in [-0.2, 0) is 4.79 Å². The SMILES string of the molecule is CC1CC(=O)Nc2ccnnc2N1. The van der Waals surface area contributed by atoms with Gasteiger partial charge in [0.1, 0.15) is 0 Å². The Morgan fingerprint density at radius 1 is 1.62 bits per heavy atom. The average molecular weight is 178 g/mol. The molecule has 0 saturated heterocycles. The maximum absolute atomic E-state index is 11.3. The van der Waals surface area contributed by atoms with Crippen molar-refractivity contribution in [3.63, 3.8) is 0 Å². The van der Waals surface area contributed by atoms with Gasteiger partial charge >= 0.3 is 0 Å². The summed E-state index contributed by atoms with van der Waals surface area (Å²) in [5, 5.41) is 13.5. The molecule has 1 aliphatic rings. The molecule has 2 heterocycles. The van der Waals surface area contributed by atoms with Gasteiger partial charge in [-0.3, -0.25) is 4.79 Å². The summed E-state index contributed by atoms with van der Waals surface area (Å²) in [6.45, 7) is 1.93. The van der Waals surface area contributed by atoms with E-state index in [-0.39, 0.29) is 11.9 Å². The lowest BCUT2D eigenvalue weighted by Crippen LogP contribution is -2.19. The van der Waals surface area contributed by atoms with Crippen LogP contribution in [0.1, 0.15) is 13.3 Å². The smallest absolute Gasteiger partial charge is 0.226 e. The zero-order chi connectivity index (χ0) is 9.26. The summed E-state index contributed by atoms with van der Waals surface area (Å²) in [5.41, 5.74) is 0.698. The molecule has 1 aromatic heterocycles. The molecular formula is C8H10N4O. The molecule has 5 nitrogen and oxygen atoms in total. The Bertz CT molecular complexity index is 339. The molecule has 68 valence electrons. The minimum absolute atomic E-state index is 0.00625. The Hall–Kier alpha value is -1.65. The number of nitrogens with one attached hydrogen (secondary N) is 2. The van der Waals surface area contributed by atoms with E-state index in [2.05, 4.69) is 20.8 Å². The van der Waals surface area contributed by atoms with Crippen LogP contribution in [0, 0.1) is 0 Å². The first-order valence-corrected chi connectivity index (χ1v) is 4.14. The Balaban J connectivity index is 2.38. The fourth-order valence-corrected chi connectivity index (χ4v) is 1.30. The Labute approximate surface area is 75.6 Å². The molecule has 0 spiro atoms. The highest BCUT2D eigenvalue weighted by atomic mass is 16.1. The van der Waals surface area contributed by atoms with Gasteiger partial charge in [-0.2, -0.15) is 5.10 Å². The van der Waals surface area contributed by atoms with Crippen LogP contribution in [0.2, 0.25) is 0 Å². The highest BCUT2D eigenvalue weighted by Gasteiger charge is 2.17. The minimum Gasteiger partial charge on any atom is -0.364 e. The van der Waals surface area contributed by atoms with Crippen LogP contribution in [0.15, 0.2) is 12.3 Å². The first kappa shape index (κ1) is 7.97. The quantitative estimate of drug-likeness (QED) is 0.611. The lowest BCUT2D eigenvalue weighted by Gasteiger charge is -2.08. The highest BCUT2D eigenvalue weighted by Crippen LogP contribution is 2.21. The molecule has 2 rings (SSSR count). The van der Waals surface area contributed by atoms with Crippen LogP contribution in [-0.4, -0.2) is 22.1 Å². The van der Waals surface area contributed by atoms with Crippen molar-refractivity contribution in [2.24, 2.45) is 0 Å². The molecule has 1 unspecified atom stereocenters. The predicted molar refractivity (Wildman–Crippen MR) is 48.4 cm³/mol. The van der Waals surface area contributed by atoms with Gasteiger partial charge in [0.25, 0.3) is 0 Å². The van der Waals surface area contributed by atoms with Gasteiger partial charge in [0, 0.05) is 12.5 Å². The summed E-state index contributed by atoms with van der Waals surface area (Å²) >= 11 is 0. The number of carbonyl (C=O) groups excluding carboxylic acids is 1. The molecule has 1 amide bonds. The number of aromatic nitrogens is 2. The van der Waals surface area contributed by atoms with Gasteiger partial charge in [0.15, 0.2) is 5.82 Å². The van der Waals surface area contributed by atoms with Crippen molar-refractivity contribution >= 4 is 17.4 Å². The monoisotopic (exact) mass is 178 g/mol. The molecule has 0 aromatic carbocycles. The maximum atomic E-state index is 11.3. The third kappa shape index (κ3) is 1.58. The van der Waals surface area contributed by atoms with Crippen LogP contribution < -0.4 is 10.6 Å². The fraction of sp³-hybridized carbons (Fsp3) is 0.375. The van der Waals surface area contributed by atoms with E-state index < -0.39 is 0 Å². The van der Waals surface area contributed by atoms with Crippen molar-refractivity contribution < 1.29 is 4.79 Å². The minimum atomic E-state index is 0.00625. The lowest BCUT2D eigenvalue weighted by atomic mass is 10.2. The van der Waals surface area contributed by atoms with Crippen molar-refractivity contribution in [2.75, 3.05) is 10.6 Å². The summed E-state index contributed by atoms with van der Waals surface area (Å²) in [6, 6.07) is 1.82. The highest BCUT2D eigenvalue weighted by molar-refractivity contribution is 5.95. The molecule has 2 N–H and O–H groups in total.